The summed E-state index contributed by atoms with van der Waals surface area (Å²) >= 11 is 5.56. The number of hydrogen-bond acceptors (Lipinski definition) is 5. The Kier molecular flexibility index (Phi) is 4.19. The van der Waals surface area contributed by atoms with Gasteiger partial charge in [-0.15, -0.1) is 0 Å². The molecular formula is C14H16ClN5OS. The van der Waals surface area contributed by atoms with Gasteiger partial charge in [0.1, 0.15) is 28.9 Å². The Hall–Kier alpha value is -1.46. The number of anilines is 1. The average Bonchev–Trinajstić information content (AvgIpc) is 2.92. The van der Waals surface area contributed by atoms with Crippen LogP contribution >= 0.6 is 11.6 Å². The van der Waals surface area contributed by atoms with Gasteiger partial charge in [0.2, 0.25) is 0 Å². The Balaban J connectivity index is 2.21. The van der Waals surface area contributed by atoms with Crippen molar-refractivity contribution in [3.63, 3.8) is 0 Å². The van der Waals surface area contributed by atoms with E-state index in [4.69, 9.17) is 17.3 Å². The van der Waals surface area contributed by atoms with Crippen molar-refractivity contribution in [3.05, 3.63) is 28.4 Å². The van der Waals surface area contributed by atoms with Crippen LogP contribution < -0.4 is 10.6 Å². The Morgan fingerprint density at radius 3 is 2.77 bits per heavy atom. The molecule has 1 unspecified atom stereocenters. The summed E-state index contributed by atoms with van der Waals surface area (Å²) in [5, 5.41) is 14.0. The molecule has 1 aliphatic heterocycles. The van der Waals surface area contributed by atoms with E-state index in [-0.39, 0.29) is 6.04 Å². The summed E-state index contributed by atoms with van der Waals surface area (Å²) < 4.78 is 13.3. The summed E-state index contributed by atoms with van der Waals surface area (Å²) in [5.74, 6) is 2.08. The van der Waals surface area contributed by atoms with Gasteiger partial charge in [0.05, 0.1) is 29.9 Å². The van der Waals surface area contributed by atoms with Gasteiger partial charge in [-0.25, -0.2) is 4.52 Å². The number of nitrogens with two attached hydrogens (primary N) is 1. The highest BCUT2D eigenvalue weighted by Gasteiger charge is 2.26. The predicted molar refractivity (Wildman–Crippen MR) is 87.6 cm³/mol. The molecule has 3 heterocycles. The molecule has 1 fully saturated rings. The molecular weight excluding hydrogens is 322 g/mol. The second-order valence-electron chi connectivity index (χ2n) is 5.33. The third-order valence-corrected chi connectivity index (χ3v) is 5.39. The van der Waals surface area contributed by atoms with Crippen molar-refractivity contribution >= 4 is 34.1 Å². The van der Waals surface area contributed by atoms with Crippen LogP contribution in [0.4, 0.5) is 5.82 Å². The van der Waals surface area contributed by atoms with Gasteiger partial charge >= 0.3 is 0 Å². The zero-order valence-electron chi connectivity index (χ0n) is 12.1. The quantitative estimate of drug-likeness (QED) is 0.837. The molecule has 0 spiro atoms. The molecule has 0 aliphatic carbocycles. The third-order valence-electron chi connectivity index (χ3n) is 3.82. The van der Waals surface area contributed by atoms with Crippen LogP contribution in [0.1, 0.15) is 24.1 Å². The van der Waals surface area contributed by atoms with Crippen molar-refractivity contribution in [3.8, 4) is 6.07 Å². The first-order valence-corrected chi connectivity index (χ1v) is 8.85. The van der Waals surface area contributed by atoms with Gasteiger partial charge in [-0.05, 0) is 13.0 Å². The maximum Gasteiger partial charge on any atom is 0.136 e. The van der Waals surface area contributed by atoms with Crippen LogP contribution in [0, 0.1) is 11.3 Å². The largest absolute Gasteiger partial charge is 0.616 e. The lowest BCUT2D eigenvalue weighted by atomic mass is 10.1. The maximum absolute atomic E-state index is 11.6. The number of pyridine rings is 1. The van der Waals surface area contributed by atoms with Crippen LogP contribution in [0.3, 0.4) is 0 Å². The van der Waals surface area contributed by atoms with E-state index in [2.05, 4.69) is 16.1 Å². The van der Waals surface area contributed by atoms with Crippen molar-refractivity contribution in [1.29, 1.82) is 5.26 Å². The zero-order chi connectivity index (χ0) is 15.9. The minimum absolute atomic E-state index is 0.223. The minimum atomic E-state index is -0.767. The number of nitriles is 1. The number of halogens is 1. The van der Waals surface area contributed by atoms with Crippen LogP contribution in [0.2, 0.25) is 5.02 Å². The number of nitrogens with zero attached hydrogens (tertiary/aromatic N) is 4. The topological polar surface area (TPSA) is 93.4 Å². The monoisotopic (exact) mass is 337 g/mol. The molecule has 2 aromatic rings. The van der Waals surface area contributed by atoms with E-state index >= 15 is 0 Å². The van der Waals surface area contributed by atoms with Crippen molar-refractivity contribution in [2.45, 2.75) is 13.0 Å². The maximum atomic E-state index is 11.6. The highest BCUT2D eigenvalue weighted by atomic mass is 35.5. The van der Waals surface area contributed by atoms with Gasteiger partial charge in [0.25, 0.3) is 0 Å². The van der Waals surface area contributed by atoms with Gasteiger partial charge in [-0.2, -0.15) is 10.4 Å². The first-order valence-electron chi connectivity index (χ1n) is 6.98. The van der Waals surface area contributed by atoms with Gasteiger partial charge in [0.15, 0.2) is 0 Å². The molecule has 6 nitrogen and oxygen atoms in total. The van der Waals surface area contributed by atoms with Crippen LogP contribution in [0.5, 0.6) is 0 Å². The molecule has 2 aromatic heterocycles. The fraction of sp³-hybridized carbons (Fsp3) is 0.429. The molecule has 116 valence electrons. The molecule has 1 saturated heterocycles. The van der Waals surface area contributed by atoms with E-state index in [0.29, 0.717) is 40.7 Å². The molecule has 0 saturated carbocycles. The highest BCUT2D eigenvalue weighted by molar-refractivity contribution is 7.91. The van der Waals surface area contributed by atoms with E-state index < -0.39 is 11.2 Å². The van der Waals surface area contributed by atoms with E-state index in [0.717, 1.165) is 11.4 Å². The smallest absolute Gasteiger partial charge is 0.136 e. The number of hydrogen-bond donors (Lipinski definition) is 1. The predicted octanol–water partition coefficient (Wildman–Crippen LogP) is 1.45. The lowest BCUT2D eigenvalue weighted by Crippen LogP contribution is -2.42. The second kappa shape index (κ2) is 5.97. The third kappa shape index (κ3) is 2.52. The van der Waals surface area contributed by atoms with E-state index in [1.165, 1.54) is 6.20 Å². The number of rotatable bonds is 2. The summed E-state index contributed by atoms with van der Waals surface area (Å²) in [5.41, 5.74) is 8.00. The van der Waals surface area contributed by atoms with Crippen LogP contribution in [-0.2, 0) is 11.2 Å². The fourth-order valence-electron chi connectivity index (χ4n) is 2.71. The molecule has 3 rings (SSSR count). The van der Waals surface area contributed by atoms with Gasteiger partial charge in [0, 0.05) is 11.6 Å². The molecule has 2 N–H and O–H groups in total. The van der Waals surface area contributed by atoms with E-state index in [1.54, 1.807) is 4.52 Å². The number of aromatic nitrogens is 2. The van der Waals surface area contributed by atoms with E-state index in [9.17, 15) is 9.81 Å². The zero-order valence-corrected chi connectivity index (χ0v) is 13.7. The first-order chi connectivity index (χ1) is 10.5. The lowest BCUT2D eigenvalue weighted by Gasteiger charge is -2.32. The highest BCUT2D eigenvalue weighted by Crippen LogP contribution is 2.33. The van der Waals surface area contributed by atoms with Crippen molar-refractivity contribution in [2.24, 2.45) is 5.73 Å². The Bertz CT molecular complexity index is 746. The van der Waals surface area contributed by atoms with Crippen molar-refractivity contribution in [2.75, 3.05) is 29.5 Å². The molecule has 1 atom stereocenters. The summed E-state index contributed by atoms with van der Waals surface area (Å²) in [7, 11) is 0. The summed E-state index contributed by atoms with van der Waals surface area (Å²) in [6, 6.07) is 3.70. The Labute approximate surface area is 136 Å². The lowest BCUT2D eigenvalue weighted by molar-refractivity contribution is 0.584. The Morgan fingerprint density at radius 2 is 2.18 bits per heavy atom. The standard InChI is InChI=1S/C14H16ClN5OS/c1-9(17)11-6-12(15)13-10(7-16)8-18-20(13)14(11)19-2-4-22(21)5-3-19/h6,8-9H,2-5,17H2,1H3. The summed E-state index contributed by atoms with van der Waals surface area (Å²) in [6.07, 6.45) is 1.51. The second-order valence-corrected chi connectivity index (χ2v) is 7.43. The van der Waals surface area contributed by atoms with Crippen molar-refractivity contribution < 1.29 is 4.55 Å². The molecule has 0 radical (unpaired) electrons. The molecule has 0 amide bonds. The molecule has 8 heteroatoms. The minimum Gasteiger partial charge on any atom is -0.616 e. The summed E-state index contributed by atoms with van der Waals surface area (Å²) in [6.45, 7) is 3.23. The summed E-state index contributed by atoms with van der Waals surface area (Å²) in [4.78, 5) is 2.12. The number of fused-ring (bicyclic) bond motifs is 1. The normalized spacial score (nSPS) is 17.7. The first kappa shape index (κ1) is 15.4. The molecule has 22 heavy (non-hydrogen) atoms. The SMILES string of the molecule is CC(N)c1cc(Cl)c2c(C#N)cnn2c1N1CC[S+]([O-])CC1. The van der Waals surface area contributed by atoms with Crippen LogP contribution in [0.25, 0.3) is 5.52 Å². The molecule has 0 aromatic carbocycles. The van der Waals surface area contributed by atoms with Crippen LogP contribution in [-0.4, -0.2) is 38.8 Å². The van der Waals surface area contributed by atoms with Gasteiger partial charge in [-0.1, -0.05) is 22.8 Å². The molecule has 1 aliphatic rings. The fourth-order valence-corrected chi connectivity index (χ4v) is 4.07. The Morgan fingerprint density at radius 1 is 1.50 bits per heavy atom. The van der Waals surface area contributed by atoms with Crippen LogP contribution in [0.15, 0.2) is 12.3 Å². The van der Waals surface area contributed by atoms with Gasteiger partial charge < -0.3 is 15.2 Å². The van der Waals surface area contributed by atoms with Crippen molar-refractivity contribution in [1.82, 2.24) is 9.61 Å². The molecule has 0 bridgehead atoms. The average molecular weight is 338 g/mol. The van der Waals surface area contributed by atoms with Gasteiger partial charge in [-0.3, -0.25) is 0 Å². The van der Waals surface area contributed by atoms with E-state index in [1.807, 2.05) is 13.0 Å².